The third kappa shape index (κ3) is 3.97. The first-order valence-electron chi connectivity index (χ1n) is 9.33. The molecule has 4 rings (SSSR count). The van der Waals surface area contributed by atoms with E-state index < -0.39 is 5.91 Å². The van der Waals surface area contributed by atoms with Crippen LogP contribution in [-0.4, -0.2) is 30.9 Å². The Morgan fingerprint density at radius 1 is 1.10 bits per heavy atom. The molecular weight excluding hydrogens is 403 g/mol. The van der Waals surface area contributed by atoms with E-state index in [0.717, 1.165) is 16.3 Å². The summed E-state index contributed by atoms with van der Waals surface area (Å²) in [5.74, 6) is -0.574. The van der Waals surface area contributed by atoms with Crippen molar-refractivity contribution in [1.82, 2.24) is 25.0 Å². The molecule has 0 unspecified atom stereocenters. The van der Waals surface area contributed by atoms with Crippen LogP contribution in [0.3, 0.4) is 0 Å². The van der Waals surface area contributed by atoms with Crippen molar-refractivity contribution in [3.63, 3.8) is 0 Å². The predicted octanol–water partition coefficient (Wildman–Crippen LogP) is 4.52. The maximum atomic E-state index is 13.3. The van der Waals surface area contributed by atoms with E-state index in [0.29, 0.717) is 16.4 Å². The second-order valence-electron chi connectivity index (χ2n) is 6.95. The van der Waals surface area contributed by atoms with E-state index >= 15 is 0 Å². The third-order valence-corrected chi connectivity index (χ3v) is 5.62. The Morgan fingerprint density at radius 2 is 1.87 bits per heavy atom. The van der Waals surface area contributed by atoms with Gasteiger partial charge in [-0.2, -0.15) is 9.90 Å². The lowest BCUT2D eigenvalue weighted by molar-refractivity contribution is 0.102. The van der Waals surface area contributed by atoms with Gasteiger partial charge in [0.1, 0.15) is 17.2 Å². The predicted molar refractivity (Wildman–Crippen MR) is 114 cm³/mol. The van der Waals surface area contributed by atoms with Gasteiger partial charge in [-0.3, -0.25) is 15.1 Å². The van der Waals surface area contributed by atoms with Crippen LogP contribution < -0.4 is 5.32 Å². The Bertz CT molecular complexity index is 1180. The van der Waals surface area contributed by atoms with Gasteiger partial charge in [-0.1, -0.05) is 19.9 Å². The topological polar surface area (TPSA) is 85.6 Å². The average molecular weight is 422 g/mol. The van der Waals surface area contributed by atoms with Crippen molar-refractivity contribution in [2.75, 3.05) is 5.32 Å². The number of pyridine rings is 1. The van der Waals surface area contributed by atoms with Gasteiger partial charge >= 0.3 is 0 Å². The fourth-order valence-electron chi connectivity index (χ4n) is 2.98. The molecule has 0 aliphatic carbocycles. The zero-order valence-corrected chi connectivity index (χ0v) is 17.4. The van der Waals surface area contributed by atoms with Gasteiger partial charge in [-0.05, 0) is 42.3 Å². The molecule has 0 radical (unpaired) electrons. The largest absolute Gasteiger partial charge is 0.296 e. The van der Waals surface area contributed by atoms with E-state index in [1.807, 2.05) is 18.2 Å². The van der Waals surface area contributed by atoms with Gasteiger partial charge < -0.3 is 0 Å². The molecule has 0 fully saturated rings. The number of carbonyl (C=O) groups excluding carboxylic acids is 1. The van der Waals surface area contributed by atoms with Crippen LogP contribution in [0.5, 0.6) is 0 Å². The van der Waals surface area contributed by atoms with Gasteiger partial charge in [0.25, 0.3) is 5.91 Å². The van der Waals surface area contributed by atoms with Gasteiger partial charge in [0, 0.05) is 23.7 Å². The number of carbonyl (C=O) groups is 1. The molecule has 1 aromatic carbocycles. The summed E-state index contributed by atoms with van der Waals surface area (Å²) >= 11 is 1.41. The Kier molecular flexibility index (Phi) is 5.37. The lowest BCUT2D eigenvalue weighted by Gasteiger charge is -2.03. The molecule has 0 aliphatic heterocycles. The smallest absolute Gasteiger partial charge is 0.280 e. The number of hydrogen-bond donors (Lipinski definition) is 1. The van der Waals surface area contributed by atoms with Crippen LogP contribution in [-0.2, 0) is 7.05 Å². The summed E-state index contributed by atoms with van der Waals surface area (Å²) in [4.78, 5) is 24.3. The number of nitrogens with one attached hydrogen (secondary N) is 1. The van der Waals surface area contributed by atoms with Crippen molar-refractivity contribution < 1.29 is 9.18 Å². The minimum Gasteiger partial charge on any atom is -0.296 e. The van der Waals surface area contributed by atoms with Crippen molar-refractivity contribution in [2.24, 2.45) is 7.05 Å². The molecule has 30 heavy (non-hydrogen) atoms. The summed E-state index contributed by atoms with van der Waals surface area (Å²) in [6.45, 7) is 4.14. The van der Waals surface area contributed by atoms with Gasteiger partial charge in [-0.15, -0.1) is 16.4 Å². The summed E-state index contributed by atoms with van der Waals surface area (Å²) in [6.07, 6.45) is 1.71. The van der Waals surface area contributed by atoms with Crippen LogP contribution in [0.25, 0.3) is 22.6 Å². The van der Waals surface area contributed by atoms with Crippen LogP contribution >= 0.6 is 11.3 Å². The number of aryl methyl sites for hydroxylation is 1. The molecule has 3 heterocycles. The van der Waals surface area contributed by atoms with Crippen LogP contribution in [0.1, 0.15) is 35.1 Å². The number of amides is 1. The van der Waals surface area contributed by atoms with Crippen LogP contribution in [0.4, 0.5) is 9.52 Å². The van der Waals surface area contributed by atoms with Gasteiger partial charge in [0.15, 0.2) is 10.8 Å². The molecule has 4 aromatic rings. The molecule has 0 spiro atoms. The molecule has 0 saturated carbocycles. The molecule has 0 aliphatic rings. The standard InChI is InChI=1S/C21H19FN6OS/c1-12(2)19-17(15-6-4-5-11-23-15)24-21(30-19)25-20(29)18-16(26-28(3)27-18)13-7-9-14(22)10-8-13/h4-12H,1-3H3,(H,24,25,29). The molecule has 0 bridgehead atoms. The van der Waals surface area contributed by atoms with Crippen LogP contribution in [0.2, 0.25) is 0 Å². The zero-order chi connectivity index (χ0) is 21.3. The summed E-state index contributed by atoms with van der Waals surface area (Å²) in [5, 5.41) is 11.7. The normalized spacial score (nSPS) is 11.1. The fourth-order valence-corrected chi connectivity index (χ4v) is 3.95. The molecule has 1 N–H and O–H groups in total. The molecule has 1 amide bonds. The van der Waals surface area contributed by atoms with E-state index in [4.69, 9.17) is 0 Å². The highest BCUT2D eigenvalue weighted by Crippen LogP contribution is 2.35. The van der Waals surface area contributed by atoms with Crippen molar-refractivity contribution in [3.05, 3.63) is 65.0 Å². The number of aromatic nitrogens is 5. The van der Waals surface area contributed by atoms with Gasteiger partial charge in [0.2, 0.25) is 0 Å². The van der Waals surface area contributed by atoms with E-state index in [-0.39, 0.29) is 17.4 Å². The summed E-state index contributed by atoms with van der Waals surface area (Å²) in [5.41, 5.74) is 2.63. The number of anilines is 1. The highest BCUT2D eigenvalue weighted by molar-refractivity contribution is 7.16. The quantitative estimate of drug-likeness (QED) is 0.511. The molecule has 9 heteroatoms. The first kappa shape index (κ1) is 19.8. The lowest BCUT2D eigenvalue weighted by atomic mass is 10.1. The SMILES string of the molecule is CC(C)c1sc(NC(=O)c2nn(C)nc2-c2ccc(F)cc2)nc1-c1ccccn1. The fraction of sp³-hybridized carbons (Fsp3) is 0.190. The first-order chi connectivity index (χ1) is 14.4. The Hall–Kier alpha value is -3.46. The van der Waals surface area contributed by atoms with Crippen molar-refractivity contribution in [1.29, 1.82) is 0 Å². The van der Waals surface area contributed by atoms with Crippen LogP contribution in [0.15, 0.2) is 48.7 Å². The first-order valence-corrected chi connectivity index (χ1v) is 10.1. The Balaban J connectivity index is 1.66. The highest BCUT2D eigenvalue weighted by Gasteiger charge is 2.23. The van der Waals surface area contributed by atoms with E-state index in [1.165, 1.54) is 28.3 Å². The number of benzene rings is 1. The summed E-state index contributed by atoms with van der Waals surface area (Å²) < 4.78 is 13.3. The number of nitrogens with zero attached hydrogens (tertiary/aromatic N) is 5. The second-order valence-corrected chi connectivity index (χ2v) is 7.98. The minimum atomic E-state index is -0.431. The lowest BCUT2D eigenvalue weighted by Crippen LogP contribution is -2.14. The average Bonchev–Trinajstić information content (AvgIpc) is 3.33. The zero-order valence-electron chi connectivity index (χ0n) is 16.6. The molecule has 152 valence electrons. The summed E-state index contributed by atoms with van der Waals surface area (Å²) in [7, 11) is 1.63. The number of halogens is 1. The number of rotatable bonds is 5. The minimum absolute atomic E-state index is 0.143. The summed E-state index contributed by atoms with van der Waals surface area (Å²) in [6, 6.07) is 11.4. The highest BCUT2D eigenvalue weighted by atomic mass is 32.1. The molecular formula is C21H19FN6OS. The van der Waals surface area contributed by atoms with E-state index in [9.17, 15) is 9.18 Å². The maximum absolute atomic E-state index is 13.3. The van der Waals surface area contributed by atoms with Crippen molar-refractivity contribution >= 4 is 22.4 Å². The number of thiazole rings is 1. The molecule has 0 saturated heterocycles. The monoisotopic (exact) mass is 422 g/mol. The second kappa shape index (κ2) is 8.11. The van der Waals surface area contributed by atoms with E-state index in [2.05, 4.69) is 39.3 Å². The third-order valence-electron chi connectivity index (χ3n) is 4.35. The van der Waals surface area contributed by atoms with E-state index in [1.54, 1.807) is 25.4 Å². The van der Waals surface area contributed by atoms with Gasteiger partial charge in [0.05, 0.1) is 5.69 Å². The molecule has 7 nitrogen and oxygen atoms in total. The Morgan fingerprint density at radius 3 is 2.53 bits per heavy atom. The maximum Gasteiger partial charge on any atom is 0.280 e. The van der Waals surface area contributed by atoms with Crippen molar-refractivity contribution in [2.45, 2.75) is 19.8 Å². The van der Waals surface area contributed by atoms with Crippen molar-refractivity contribution in [3.8, 4) is 22.6 Å². The molecule has 3 aromatic heterocycles. The Labute approximate surface area is 176 Å². The van der Waals surface area contributed by atoms with Gasteiger partial charge in [-0.25, -0.2) is 9.37 Å². The molecule has 0 atom stereocenters. The van der Waals surface area contributed by atoms with Crippen LogP contribution in [0, 0.1) is 5.82 Å². The number of hydrogen-bond acceptors (Lipinski definition) is 6.